The molecule has 0 spiro atoms. The van der Waals surface area contributed by atoms with Crippen LogP contribution in [0.3, 0.4) is 0 Å². The number of rotatable bonds is 4. The Morgan fingerprint density at radius 3 is 2.59 bits per heavy atom. The molecule has 0 aliphatic carbocycles. The summed E-state index contributed by atoms with van der Waals surface area (Å²) < 4.78 is 11.3. The summed E-state index contributed by atoms with van der Waals surface area (Å²) in [6.45, 7) is 3.78. The van der Waals surface area contributed by atoms with Crippen molar-refractivity contribution < 1.29 is 9.00 Å². The van der Waals surface area contributed by atoms with Gasteiger partial charge in [0, 0.05) is 27.6 Å². The quantitative estimate of drug-likeness (QED) is 0.851. The fourth-order valence-corrected chi connectivity index (χ4v) is 1.84. The van der Waals surface area contributed by atoms with E-state index in [0.717, 1.165) is 0 Å². The predicted molar refractivity (Wildman–Crippen MR) is 70.2 cm³/mol. The monoisotopic (exact) mass is 254 g/mol. The first-order valence-electron chi connectivity index (χ1n) is 5.41. The van der Waals surface area contributed by atoms with Crippen LogP contribution in [0, 0.1) is 5.92 Å². The van der Waals surface area contributed by atoms with E-state index in [-0.39, 0.29) is 11.8 Å². The van der Waals surface area contributed by atoms with Gasteiger partial charge >= 0.3 is 0 Å². The smallest absolute Gasteiger partial charge is 0.241 e. The van der Waals surface area contributed by atoms with Crippen LogP contribution in [0.25, 0.3) is 0 Å². The van der Waals surface area contributed by atoms with Gasteiger partial charge in [0.2, 0.25) is 5.91 Å². The van der Waals surface area contributed by atoms with E-state index in [1.807, 2.05) is 13.8 Å². The fourth-order valence-electron chi connectivity index (χ4n) is 1.28. The van der Waals surface area contributed by atoms with E-state index in [0.29, 0.717) is 10.6 Å². The Morgan fingerprint density at radius 1 is 1.41 bits per heavy atom. The van der Waals surface area contributed by atoms with Crippen molar-refractivity contribution in [3.05, 3.63) is 24.3 Å². The second kappa shape index (κ2) is 5.93. The van der Waals surface area contributed by atoms with Crippen molar-refractivity contribution in [1.82, 2.24) is 0 Å². The summed E-state index contributed by atoms with van der Waals surface area (Å²) in [6.07, 6.45) is 1.60. The van der Waals surface area contributed by atoms with E-state index in [9.17, 15) is 9.00 Å². The molecule has 1 aromatic carbocycles. The third-order valence-corrected chi connectivity index (χ3v) is 3.37. The molecule has 1 aromatic rings. The maximum absolute atomic E-state index is 11.7. The maximum atomic E-state index is 11.7. The molecule has 0 saturated carbocycles. The van der Waals surface area contributed by atoms with Crippen LogP contribution in [0.4, 0.5) is 5.69 Å². The van der Waals surface area contributed by atoms with Crippen LogP contribution in [0.15, 0.2) is 29.2 Å². The molecule has 0 aliphatic rings. The van der Waals surface area contributed by atoms with Crippen LogP contribution in [0.2, 0.25) is 0 Å². The van der Waals surface area contributed by atoms with Crippen molar-refractivity contribution in [2.45, 2.75) is 24.8 Å². The highest BCUT2D eigenvalue weighted by Crippen LogP contribution is 2.14. The topological polar surface area (TPSA) is 72.2 Å². The van der Waals surface area contributed by atoms with Crippen molar-refractivity contribution in [2.24, 2.45) is 11.7 Å². The van der Waals surface area contributed by atoms with Crippen LogP contribution < -0.4 is 11.1 Å². The van der Waals surface area contributed by atoms with Gasteiger partial charge < -0.3 is 11.1 Å². The molecule has 0 bridgehead atoms. The first-order chi connectivity index (χ1) is 7.91. The van der Waals surface area contributed by atoms with Crippen LogP contribution >= 0.6 is 0 Å². The number of hydrogen-bond donors (Lipinski definition) is 2. The molecule has 5 heteroatoms. The lowest BCUT2D eigenvalue weighted by Gasteiger charge is -2.15. The van der Waals surface area contributed by atoms with Gasteiger partial charge in [0.25, 0.3) is 0 Å². The summed E-state index contributed by atoms with van der Waals surface area (Å²) in [5, 5.41) is 2.72. The normalized spacial score (nSPS) is 14.4. The predicted octanol–water partition coefficient (Wildman–Crippen LogP) is 1.35. The van der Waals surface area contributed by atoms with Crippen LogP contribution in [0.5, 0.6) is 0 Å². The lowest BCUT2D eigenvalue weighted by atomic mass is 10.1. The lowest BCUT2D eigenvalue weighted by molar-refractivity contribution is -0.118. The zero-order chi connectivity index (χ0) is 13.0. The number of hydrogen-bond acceptors (Lipinski definition) is 3. The summed E-state index contributed by atoms with van der Waals surface area (Å²) >= 11 is 0. The summed E-state index contributed by atoms with van der Waals surface area (Å²) in [5.74, 6) is -0.141. The third-order valence-electron chi connectivity index (χ3n) is 2.45. The lowest BCUT2D eigenvalue weighted by Crippen LogP contribution is -2.39. The van der Waals surface area contributed by atoms with E-state index < -0.39 is 16.8 Å². The molecule has 0 aromatic heterocycles. The number of carbonyl (C=O) groups is 1. The summed E-state index contributed by atoms with van der Waals surface area (Å²) in [7, 11) is -1.06. The Kier molecular flexibility index (Phi) is 4.84. The summed E-state index contributed by atoms with van der Waals surface area (Å²) in [6, 6.07) is 6.43. The first-order valence-corrected chi connectivity index (χ1v) is 6.97. The number of nitrogens with one attached hydrogen (secondary N) is 1. The highest BCUT2D eigenvalue weighted by molar-refractivity contribution is 7.84. The molecule has 94 valence electrons. The van der Waals surface area contributed by atoms with E-state index in [2.05, 4.69) is 5.32 Å². The molecule has 2 atom stereocenters. The van der Waals surface area contributed by atoms with Gasteiger partial charge in [0.1, 0.15) is 0 Å². The van der Waals surface area contributed by atoms with Crippen molar-refractivity contribution in [3.63, 3.8) is 0 Å². The van der Waals surface area contributed by atoms with Crippen molar-refractivity contribution in [3.8, 4) is 0 Å². The number of anilines is 1. The third kappa shape index (κ3) is 3.94. The zero-order valence-corrected chi connectivity index (χ0v) is 11.1. The Labute approximate surface area is 104 Å². The average Bonchev–Trinajstić information content (AvgIpc) is 2.28. The van der Waals surface area contributed by atoms with E-state index in [1.165, 1.54) is 0 Å². The van der Waals surface area contributed by atoms with Gasteiger partial charge in [0.05, 0.1) is 6.04 Å². The highest BCUT2D eigenvalue weighted by atomic mass is 32.2. The Bertz CT molecular complexity index is 432. The average molecular weight is 254 g/mol. The van der Waals surface area contributed by atoms with Gasteiger partial charge in [-0.05, 0) is 24.1 Å². The Balaban J connectivity index is 2.78. The van der Waals surface area contributed by atoms with Crippen molar-refractivity contribution in [2.75, 3.05) is 11.6 Å². The minimum Gasteiger partial charge on any atom is -0.325 e. The number of nitrogens with two attached hydrogens (primary N) is 1. The molecule has 1 amide bonds. The molecule has 4 nitrogen and oxygen atoms in total. The molecular formula is C12H18N2O2S. The van der Waals surface area contributed by atoms with Gasteiger partial charge in [-0.1, -0.05) is 19.9 Å². The van der Waals surface area contributed by atoms with Crippen LogP contribution in [-0.4, -0.2) is 22.4 Å². The van der Waals surface area contributed by atoms with Gasteiger partial charge in [-0.25, -0.2) is 0 Å². The second-order valence-corrected chi connectivity index (χ2v) is 5.62. The molecule has 0 aliphatic heterocycles. The highest BCUT2D eigenvalue weighted by Gasteiger charge is 2.17. The molecule has 1 unspecified atom stereocenters. The SMILES string of the molecule is CC(C)[C@H](N)C(=O)Nc1cccc(S(C)=O)c1. The van der Waals surface area contributed by atoms with E-state index >= 15 is 0 Å². The minimum absolute atomic E-state index is 0.0819. The van der Waals surface area contributed by atoms with Gasteiger partial charge in [0.15, 0.2) is 0 Å². The minimum atomic E-state index is -1.06. The number of amides is 1. The largest absolute Gasteiger partial charge is 0.325 e. The van der Waals surface area contributed by atoms with E-state index in [1.54, 1.807) is 30.5 Å². The Hall–Kier alpha value is -1.20. The van der Waals surface area contributed by atoms with Gasteiger partial charge in [-0.3, -0.25) is 9.00 Å². The van der Waals surface area contributed by atoms with E-state index in [4.69, 9.17) is 5.73 Å². The van der Waals surface area contributed by atoms with Crippen LogP contribution in [-0.2, 0) is 15.6 Å². The van der Waals surface area contributed by atoms with Crippen molar-refractivity contribution >= 4 is 22.4 Å². The molecule has 0 saturated heterocycles. The van der Waals surface area contributed by atoms with Gasteiger partial charge in [-0.15, -0.1) is 0 Å². The molecule has 0 fully saturated rings. The number of carbonyl (C=O) groups excluding carboxylic acids is 1. The second-order valence-electron chi connectivity index (χ2n) is 4.24. The zero-order valence-electron chi connectivity index (χ0n) is 10.3. The standard InChI is InChI=1S/C12H18N2O2S/c1-8(2)11(13)12(15)14-9-5-4-6-10(7-9)17(3)16/h4-8,11H,13H2,1-3H3,(H,14,15)/t11-,17?/m0/s1. The first kappa shape index (κ1) is 13.9. The molecule has 0 heterocycles. The summed E-state index contributed by atoms with van der Waals surface area (Å²) in [4.78, 5) is 12.4. The van der Waals surface area contributed by atoms with Crippen molar-refractivity contribution in [1.29, 1.82) is 0 Å². The number of benzene rings is 1. The molecule has 1 rings (SSSR count). The Morgan fingerprint density at radius 2 is 2.06 bits per heavy atom. The molecule has 3 N–H and O–H groups in total. The fraction of sp³-hybridized carbons (Fsp3) is 0.417. The summed E-state index contributed by atoms with van der Waals surface area (Å²) in [5.41, 5.74) is 6.36. The van der Waals surface area contributed by atoms with Crippen LogP contribution in [0.1, 0.15) is 13.8 Å². The maximum Gasteiger partial charge on any atom is 0.241 e. The molecule has 0 radical (unpaired) electrons. The molecular weight excluding hydrogens is 236 g/mol. The van der Waals surface area contributed by atoms with Gasteiger partial charge in [-0.2, -0.15) is 0 Å². The molecule has 17 heavy (non-hydrogen) atoms.